The number of nitrogens with zero attached hydrogens (tertiary/aromatic N) is 3. The van der Waals surface area contributed by atoms with E-state index in [1.165, 1.54) is 54.9 Å². The van der Waals surface area contributed by atoms with Crippen LogP contribution in [-0.2, 0) is 0 Å². The standard InChI is InChI=1S/C53H36BN3O/c1-35-28-50-53-52(29-35)58-51-33-44-43-31-36-26-27-42(55(38-16-6-2-7-17-38)39-18-8-3-9-19-39)30-37(36)32-48(43)57(41-22-12-5-13-23-41)49(44)34-46(51)54(53)45-24-14-15-25-47(45)56(50)40-20-10-4-11-21-40/h2-34H,1H3. The molecule has 0 radical (unpaired) electrons. The van der Waals surface area contributed by atoms with Crippen molar-refractivity contribution in [2.75, 3.05) is 9.80 Å². The van der Waals surface area contributed by atoms with Gasteiger partial charge >= 0.3 is 0 Å². The summed E-state index contributed by atoms with van der Waals surface area (Å²) in [6.45, 7) is 2.17. The molecule has 58 heavy (non-hydrogen) atoms. The molecule has 0 unspecified atom stereocenters. The highest BCUT2D eigenvalue weighted by atomic mass is 16.5. The first kappa shape index (κ1) is 32.7. The molecule has 272 valence electrons. The molecule has 2 aliphatic rings. The van der Waals surface area contributed by atoms with Crippen molar-refractivity contribution in [3.63, 3.8) is 0 Å². The minimum Gasteiger partial charge on any atom is -0.458 e. The first-order valence-corrected chi connectivity index (χ1v) is 20.0. The van der Waals surface area contributed by atoms with Crippen molar-refractivity contribution >= 4 is 89.8 Å². The summed E-state index contributed by atoms with van der Waals surface area (Å²) in [5.74, 6) is 1.84. The molecular formula is C53H36BN3O. The first-order valence-electron chi connectivity index (χ1n) is 20.0. The van der Waals surface area contributed by atoms with E-state index in [0.717, 1.165) is 51.0 Å². The van der Waals surface area contributed by atoms with Gasteiger partial charge in [0, 0.05) is 50.6 Å². The van der Waals surface area contributed by atoms with Crippen molar-refractivity contribution < 1.29 is 4.74 Å². The number of aromatic nitrogens is 1. The van der Waals surface area contributed by atoms with E-state index >= 15 is 0 Å². The van der Waals surface area contributed by atoms with E-state index < -0.39 is 0 Å². The maximum atomic E-state index is 7.05. The Kier molecular flexibility index (Phi) is 7.20. The van der Waals surface area contributed by atoms with Crippen molar-refractivity contribution in [1.29, 1.82) is 0 Å². The molecule has 2 aliphatic heterocycles. The fraction of sp³-hybridized carbons (Fsp3) is 0.0189. The smallest absolute Gasteiger partial charge is 0.256 e. The highest BCUT2D eigenvalue weighted by Gasteiger charge is 2.42. The number of ether oxygens (including phenoxy) is 1. The second kappa shape index (κ2) is 12.8. The average molecular weight is 742 g/mol. The lowest BCUT2D eigenvalue weighted by Gasteiger charge is -2.40. The third-order valence-corrected chi connectivity index (χ3v) is 12.0. The van der Waals surface area contributed by atoms with Crippen molar-refractivity contribution in [1.82, 2.24) is 4.57 Å². The number of rotatable bonds is 5. The highest BCUT2D eigenvalue weighted by Crippen LogP contribution is 2.44. The average Bonchev–Trinajstić information content (AvgIpc) is 3.57. The fourth-order valence-corrected chi connectivity index (χ4v) is 9.52. The number of benzene rings is 9. The Morgan fingerprint density at radius 1 is 0.448 bits per heavy atom. The molecule has 0 spiro atoms. The van der Waals surface area contributed by atoms with Crippen molar-refractivity contribution in [2.24, 2.45) is 0 Å². The summed E-state index contributed by atoms with van der Waals surface area (Å²) < 4.78 is 9.49. The lowest BCUT2D eigenvalue weighted by atomic mass is 9.34. The maximum absolute atomic E-state index is 7.05. The molecule has 0 bridgehead atoms. The molecule has 0 saturated carbocycles. The van der Waals surface area contributed by atoms with Crippen LogP contribution in [0.25, 0.3) is 38.3 Å². The van der Waals surface area contributed by atoms with Gasteiger partial charge in [-0.2, -0.15) is 0 Å². The molecule has 0 atom stereocenters. The van der Waals surface area contributed by atoms with E-state index in [1.54, 1.807) is 0 Å². The Hall–Kier alpha value is -7.50. The van der Waals surface area contributed by atoms with E-state index in [0.29, 0.717) is 0 Å². The molecule has 0 N–H and O–H groups in total. The van der Waals surface area contributed by atoms with Gasteiger partial charge in [-0.3, -0.25) is 0 Å². The summed E-state index contributed by atoms with van der Waals surface area (Å²) in [5.41, 5.74) is 15.1. The zero-order chi connectivity index (χ0) is 38.3. The molecule has 0 saturated heterocycles. The van der Waals surface area contributed by atoms with Crippen LogP contribution in [0.15, 0.2) is 200 Å². The summed E-state index contributed by atoms with van der Waals surface area (Å²) in [7, 11) is 0. The Morgan fingerprint density at radius 3 is 1.79 bits per heavy atom. The van der Waals surface area contributed by atoms with Gasteiger partial charge in [-0.15, -0.1) is 0 Å². The Morgan fingerprint density at radius 2 is 1.07 bits per heavy atom. The van der Waals surface area contributed by atoms with Gasteiger partial charge in [0.1, 0.15) is 11.5 Å². The molecule has 3 heterocycles. The van der Waals surface area contributed by atoms with Gasteiger partial charge in [-0.05, 0) is 143 Å². The van der Waals surface area contributed by atoms with Crippen LogP contribution in [0, 0.1) is 6.92 Å². The lowest BCUT2D eigenvalue weighted by molar-refractivity contribution is 0.488. The topological polar surface area (TPSA) is 20.6 Å². The highest BCUT2D eigenvalue weighted by molar-refractivity contribution is 6.99. The maximum Gasteiger partial charge on any atom is 0.256 e. The molecule has 4 nitrogen and oxygen atoms in total. The Balaban J connectivity index is 1.10. The molecular weight excluding hydrogens is 705 g/mol. The fourth-order valence-electron chi connectivity index (χ4n) is 9.52. The zero-order valence-electron chi connectivity index (χ0n) is 31.9. The van der Waals surface area contributed by atoms with E-state index in [2.05, 4.69) is 221 Å². The first-order chi connectivity index (χ1) is 28.7. The normalized spacial score (nSPS) is 12.6. The van der Waals surface area contributed by atoms with Crippen LogP contribution in [0.1, 0.15) is 5.56 Å². The summed E-state index contributed by atoms with van der Waals surface area (Å²) >= 11 is 0. The third-order valence-electron chi connectivity index (χ3n) is 12.0. The second-order valence-corrected chi connectivity index (χ2v) is 15.4. The monoisotopic (exact) mass is 741 g/mol. The van der Waals surface area contributed by atoms with Crippen molar-refractivity contribution in [3.05, 3.63) is 206 Å². The molecule has 9 aromatic carbocycles. The second-order valence-electron chi connectivity index (χ2n) is 15.4. The molecule has 0 aliphatic carbocycles. The Bertz CT molecular complexity index is 3180. The molecule has 12 rings (SSSR count). The van der Waals surface area contributed by atoms with Crippen LogP contribution >= 0.6 is 0 Å². The van der Waals surface area contributed by atoms with E-state index in [1.807, 2.05) is 0 Å². The van der Waals surface area contributed by atoms with Gasteiger partial charge in [0.05, 0.1) is 11.0 Å². The summed E-state index contributed by atoms with van der Waals surface area (Å²) in [6.07, 6.45) is 0. The van der Waals surface area contributed by atoms with Gasteiger partial charge in [-0.1, -0.05) is 97.1 Å². The van der Waals surface area contributed by atoms with Crippen LogP contribution in [-0.4, -0.2) is 11.3 Å². The number of hydrogen-bond acceptors (Lipinski definition) is 3. The Labute approximate surface area is 337 Å². The molecule has 10 aromatic rings. The number of aryl methyl sites for hydroxylation is 1. The minimum atomic E-state index is 0.000680. The van der Waals surface area contributed by atoms with E-state index in [4.69, 9.17) is 4.74 Å². The van der Waals surface area contributed by atoms with Crippen LogP contribution < -0.4 is 30.9 Å². The molecule has 5 heteroatoms. The third kappa shape index (κ3) is 4.96. The predicted octanol–water partition coefficient (Wildman–Crippen LogP) is 12.1. The van der Waals surface area contributed by atoms with Crippen molar-refractivity contribution in [2.45, 2.75) is 6.92 Å². The van der Waals surface area contributed by atoms with Crippen LogP contribution in [0.4, 0.5) is 34.1 Å². The number of anilines is 6. The molecule has 0 fully saturated rings. The number of hydrogen-bond donors (Lipinski definition) is 0. The van der Waals surface area contributed by atoms with E-state index in [-0.39, 0.29) is 6.71 Å². The van der Waals surface area contributed by atoms with Crippen molar-refractivity contribution in [3.8, 4) is 17.2 Å². The van der Waals surface area contributed by atoms with Gasteiger partial charge in [0.15, 0.2) is 0 Å². The van der Waals surface area contributed by atoms with Crippen LogP contribution in [0.5, 0.6) is 11.5 Å². The number of fused-ring (bicyclic) bond motifs is 8. The minimum absolute atomic E-state index is 0.000680. The summed E-state index contributed by atoms with van der Waals surface area (Å²) in [6, 6.07) is 72.4. The van der Waals surface area contributed by atoms with Gasteiger partial charge in [0.25, 0.3) is 6.71 Å². The predicted molar refractivity (Wildman–Crippen MR) is 244 cm³/mol. The van der Waals surface area contributed by atoms with Crippen LogP contribution in [0.2, 0.25) is 0 Å². The van der Waals surface area contributed by atoms with Gasteiger partial charge in [0.2, 0.25) is 0 Å². The zero-order valence-corrected chi connectivity index (χ0v) is 31.9. The van der Waals surface area contributed by atoms with Gasteiger partial charge < -0.3 is 19.1 Å². The SMILES string of the molecule is Cc1cc2c3c(c1)N(c1ccccc1)c1ccccc1B3c1cc3c(cc1O2)c1cc2ccc(N(c4ccccc4)c4ccccc4)cc2cc1n3-c1ccccc1. The molecule has 0 amide bonds. The lowest BCUT2D eigenvalue weighted by Crippen LogP contribution is -2.59. The summed E-state index contributed by atoms with van der Waals surface area (Å²) in [5, 5.41) is 4.74. The van der Waals surface area contributed by atoms with Gasteiger partial charge in [-0.25, -0.2) is 0 Å². The van der Waals surface area contributed by atoms with Crippen LogP contribution in [0.3, 0.4) is 0 Å². The molecule has 1 aromatic heterocycles. The summed E-state index contributed by atoms with van der Waals surface area (Å²) in [4.78, 5) is 4.73. The quantitative estimate of drug-likeness (QED) is 0.164. The van der Waals surface area contributed by atoms with E-state index in [9.17, 15) is 0 Å². The number of para-hydroxylation sites is 5. The largest absolute Gasteiger partial charge is 0.458 e.